The van der Waals surface area contributed by atoms with Crippen LogP contribution in [-0.2, 0) is 6.54 Å². The Labute approximate surface area is 77.1 Å². The van der Waals surface area contributed by atoms with Gasteiger partial charge >= 0.3 is 0 Å². The maximum atomic E-state index is 9.08. The van der Waals surface area contributed by atoms with Crippen LogP contribution < -0.4 is 0 Å². The predicted octanol–water partition coefficient (Wildman–Crippen LogP) is 0.631. The summed E-state index contributed by atoms with van der Waals surface area (Å²) in [5, 5.41) is 12.7. The van der Waals surface area contributed by atoms with E-state index in [-0.39, 0.29) is 6.61 Å². The van der Waals surface area contributed by atoms with Crippen LogP contribution in [0.25, 0.3) is 0 Å². The molecule has 1 N–H and O–H groups in total. The second-order valence-electron chi connectivity index (χ2n) is 3.43. The maximum absolute atomic E-state index is 9.08. The average Bonchev–Trinajstić information content (AvgIpc) is 2.76. The van der Waals surface area contributed by atoms with Crippen molar-refractivity contribution in [3.63, 3.8) is 0 Å². The molecule has 1 atom stereocenters. The van der Waals surface area contributed by atoms with E-state index in [9.17, 15) is 0 Å². The van der Waals surface area contributed by atoms with Gasteiger partial charge in [0.15, 0.2) is 5.76 Å². The average molecular weight is 182 g/mol. The highest BCUT2D eigenvalue weighted by molar-refractivity contribution is 4.94. The molecule has 1 fully saturated rings. The summed E-state index contributed by atoms with van der Waals surface area (Å²) in [6.45, 7) is 2.06. The van der Waals surface area contributed by atoms with Crippen LogP contribution in [0.5, 0.6) is 0 Å². The smallest absolute Gasteiger partial charge is 0.150 e. The van der Waals surface area contributed by atoms with Gasteiger partial charge in [-0.15, -0.1) is 0 Å². The normalized spacial score (nSPS) is 23.9. The first kappa shape index (κ1) is 8.72. The van der Waals surface area contributed by atoms with Crippen molar-refractivity contribution in [2.75, 3.05) is 13.2 Å². The highest BCUT2D eigenvalue weighted by atomic mass is 16.5. The molecule has 1 aromatic heterocycles. The second-order valence-corrected chi connectivity index (χ2v) is 3.43. The van der Waals surface area contributed by atoms with Gasteiger partial charge in [0.2, 0.25) is 0 Å². The third-order valence-electron chi connectivity index (χ3n) is 2.56. The third-order valence-corrected chi connectivity index (χ3v) is 2.56. The Balaban J connectivity index is 1.94. The maximum Gasteiger partial charge on any atom is 0.150 e. The lowest BCUT2D eigenvalue weighted by Gasteiger charge is -2.20. The molecule has 0 saturated carbocycles. The molecule has 2 rings (SSSR count). The first-order chi connectivity index (χ1) is 6.40. The summed E-state index contributed by atoms with van der Waals surface area (Å²) in [7, 11) is 0. The van der Waals surface area contributed by atoms with Crippen molar-refractivity contribution in [3.05, 3.63) is 18.0 Å². The van der Waals surface area contributed by atoms with Crippen molar-refractivity contribution in [3.8, 4) is 0 Å². The predicted molar refractivity (Wildman–Crippen MR) is 47.0 cm³/mol. The van der Waals surface area contributed by atoms with Crippen LogP contribution in [0.1, 0.15) is 18.6 Å². The third kappa shape index (κ3) is 1.89. The summed E-state index contributed by atoms with van der Waals surface area (Å²) in [6.07, 6.45) is 3.91. The van der Waals surface area contributed by atoms with Crippen molar-refractivity contribution >= 4 is 0 Å². The first-order valence-electron chi connectivity index (χ1n) is 4.64. The number of hydrogen-bond acceptors (Lipinski definition) is 4. The first-order valence-corrected chi connectivity index (χ1v) is 4.64. The van der Waals surface area contributed by atoms with Gasteiger partial charge in [-0.05, 0) is 19.4 Å². The fraction of sp³-hybridized carbons (Fsp3) is 0.667. The van der Waals surface area contributed by atoms with E-state index >= 15 is 0 Å². The topological polar surface area (TPSA) is 49.5 Å². The summed E-state index contributed by atoms with van der Waals surface area (Å²) in [6, 6.07) is 2.18. The van der Waals surface area contributed by atoms with Crippen LogP contribution >= 0.6 is 0 Å². The largest absolute Gasteiger partial charge is 0.395 e. The Hall–Kier alpha value is -0.870. The van der Waals surface area contributed by atoms with Crippen LogP contribution in [0, 0.1) is 0 Å². The van der Waals surface area contributed by atoms with E-state index in [0.717, 1.165) is 25.3 Å². The summed E-state index contributed by atoms with van der Waals surface area (Å²) < 4.78 is 5.01. The molecule has 1 aliphatic heterocycles. The molecule has 0 amide bonds. The zero-order valence-corrected chi connectivity index (χ0v) is 7.52. The molecule has 0 bridgehead atoms. The van der Waals surface area contributed by atoms with Crippen molar-refractivity contribution in [2.24, 2.45) is 0 Å². The van der Waals surface area contributed by atoms with Crippen molar-refractivity contribution in [1.29, 1.82) is 0 Å². The Morgan fingerprint density at radius 1 is 1.69 bits per heavy atom. The van der Waals surface area contributed by atoms with Crippen LogP contribution in [-0.4, -0.2) is 34.4 Å². The molecular weight excluding hydrogens is 168 g/mol. The summed E-state index contributed by atoms with van der Waals surface area (Å²) >= 11 is 0. The van der Waals surface area contributed by atoms with E-state index in [0.29, 0.717) is 6.04 Å². The van der Waals surface area contributed by atoms with E-state index in [1.807, 2.05) is 6.07 Å². The molecule has 1 aromatic rings. The zero-order valence-electron chi connectivity index (χ0n) is 7.52. The summed E-state index contributed by atoms with van der Waals surface area (Å²) in [5.41, 5.74) is 0. The Kier molecular flexibility index (Phi) is 2.61. The fourth-order valence-corrected chi connectivity index (χ4v) is 1.83. The van der Waals surface area contributed by atoms with E-state index in [2.05, 4.69) is 10.1 Å². The molecule has 4 nitrogen and oxygen atoms in total. The lowest BCUT2D eigenvalue weighted by molar-refractivity contribution is 0.143. The minimum Gasteiger partial charge on any atom is -0.395 e. The van der Waals surface area contributed by atoms with Gasteiger partial charge in [-0.2, -0.15) is 0 Å². The molecule has 13 heavy (non-hydrogen) atoms. The molecule has 72 valence electrons. The summed E-state index contributed by atoms with van der Waals surface area (Å²) in [4.78, 5) is 2.24. The number of likely N-dealkylation sites (tertiary alicyclic amines) is 1. The molecule has 1 aliphatic rings. The van der Waals surface area contributed by atoms with Gasteiger partial charge in [-0.25, -0.2) is 0 Å². The highest BCUT2D eigenvalue weighted by Gasteiger charge is 2.24. The minimum atomic E-state index is 0.244. The zero-order chi connectivity index (χ0) is 9.10. The Morgan fingerprint density at radius 3 is 3.31 bits per heavy atom. The van der Waals surface area contributed by atoms with Gasteiger partial charge in [-0.3, -0.25) is 4.90 Å². The number of aromatic nitrogens is 1. The molecule has 4 heteroatoms. The number of hydrogen-bond donors (Lipinski definition) is 1. The highest BCUT2D eigenvalue weighted by Crippen LogP contribution is 2.19. The van der Waals surface area contributed by atoms with Gasteiger partial charge in [0.1, 0.15) is 0 Å². The van der Waals surface area contributed by atoms with Crippen LogP contribution in [0.4, 0.5) is 0 Å². The van der Waals surface area contributed by atoms with Gasteiger partial charge in [0.05, 0.1) is 19.3 Å². The monoisotopic (exact) mass is 182 g/mol. The van der Waals surface area contributed by atoms with E-state index in [1.54, 1.807) is 6.20 Å². The molecule has 2 heterocycles. The number of nitrogens with zero attached hydrogens (tertiary/aromatic N) is 2. The van der Waals surface area contributed by atoms with E-state index in [1.165, 1.54) is 6.42 Å². The number of aliphatic hydroxyl groups excluding tert-OH is 1. The van der Waals surface area contributed by atoms with Crippen molar-refractivity contribution in [2.45, 2.75) is 25.4 Å². The molecular formula is C9H14N2O2. The second kappa shape index (κ2) is 3.89. The number of rotatable bonds is 3. The van der Waals surface area contributed by atoms with Crippen molar-refractivity contribution in [1.82, 2.24) is 10.1 Å². The van der Waals surface area contributed by atoms with E-state index < -0.39 is 0 Å². The quantitative estimate of drug-likeness (QED) is 0.745. The van der Waals surface area contributed by atoms with Gasteiger partial charge in [0.25, 0.3) is 0 Å². The van der Waals surface area contributed by atoms with Crippen LogP contribution in [0.3, 0.4) is 0 Å². The molecule has 1 saturated heterocycles. The Bertz CT molecular complexity index is 248. The van der Waals surface area contributed by atoms with Crippen molar-refractivity contribution < 1.29 is 9.63 Å². The minimum absolute atomic E-state index is 0.244. The molecule has 0 aromatic carbocycles. The summed E-state index contributed by atoms with van der Waals surface area (Å²) in [5.74, 6) is 0.875. The lowest BCUT2D eigenvalue weighted by atomic mass is 10.2. The van der Waals surface area contributed by atoms with Crippen LogP contribution in [0.2, 0.25) is 0 Å². The van der Waals surface area contributed by atoms with Gasteiger partial charge in [-0.1, -0.05) is 5.16 Å². The SMILES string of the molecule is OC[C@H]1CCCN1Cc1ccno1. The molecule has 0 aliphatic carbocycles. The number of aliphatic hydroxyl groups is 1. The van der Waals surface area contributed by atoms with Gasteiger partial charge < -0.3 is 9.63 Å². The van der Waals surface area contributed by atoms with Crippen LogP contribution in [0.15, 0.2) is 16.8 Å². The standard InChI is InChI=1S/C9H14N2O2/c12-7-8-2-1-5-11(8)6-9-3-4-10-13-9/h3-4,8,12H,1-2,5-7H2/t8-/m1/s1. The molecule has 0 spiro atoms. The molecule has 0 radical (unpaired) electrons. The fourth-order valence-electron chi connectivity index (χ4n) is 1.83. The lowest BCUT2D eigenvalue weighted by Crippen LogP contribution is -2.31. The van der Waals surface area contributed by atoms with E-state index in [4.69, 9.17) is 9.63 Å². The van der Waals surface area contributed by atoms with Gasteiger partial charge in [0, 0.05) is 12.1 Å². The Morgan fingerprint density at radius 2 is 2.62 bits per heavy atom. The molecule has 0 unspecified atom stereocenters.